The molecule has 0 aromatic heterocycles. The van der Waals surface area contributed by atoms with Crippen LogP contribution in [0.1, 0.15) is 38.9 Å². The lowest BCUT2D eigenvalue weighted by molar-refractivity contribution is 0.125. The van der Waals surface area contributed by atoms with E-state index >= 15 is 0 Å². The van der Waals surface area contributed by atoms with E-state index in [1.165, 1.54) is 0 Å². The van der Waals surface area contributed by atoms with Crippen molar-refractivity contribution < 1.29 is 10.2 Å². The Morgan fingerprint density at radius 1 is 0.340 bits per heavy atom. The molecular weight excluding hydrogens is 584 g/mol. The van der Waals surface area contributed by atoms with Crippen molar-refractivity contribution in [1.82, 2.24) is 0 Å². The summed E-state index contributed by atoms with van der Waals surface area (Å²) in [7, 11) is 0. The molecule has 0 heterocycles. The Labute approximate surface area is 274 Å². The number of nitrogens with two attached hydrogens (primary N) is 6. The SMILES string of the molecule is Cc1cc(C(O)(c2ccc(N)cc2)c2ccc(N)cc2)ccc1N.Nc1ccc(C(O)(c2ccc(N)cc2)c2ccc(N)cc2)cc1. The van der Waals surface area contributed by atoms with Crippen LogP contribution in [0.2, 0.25) is 0 Å². The maximum Gasteiger partial charge on any atom is 0.140 e. The Morgan fingerprint density at radius 3 is 0.787 bits per heavy atom. The smallest absolute Gasteiger partial charge is 0.140 e. The van der Waals surface area contributed by atoms with E-state index in [1.807, 2.05) is 85.8 Å². The predicted molar refractivity (Wildman–Crippen MR) is 194 cm³/mol. The molecule has 0 aliphatic heterocycles. The molecule has 6 aromatic rings. The average molecular weight is 625 g/mol. The molecule has 6 rings (SSSR count). The summed E-state index contributed by atoms with van der Waals surface area (Å²) in [6.45, 7) is 1.92. The van der Waals surface area contributed by atoms with Crippen molar-refractivity contribution in [3.05, 3.63) is 178 Å². The molecule has 0 saturated heterocycles. The quantitative estimate of drug-likeness (QED) is 0.0847. The molecule has 0 saturated carbocycles. The van der Waals surface area contributed by atoms with Crippen LogP contribution in [0.25, 0.3) is 0 Å². The molecule has 8 heteroatoms. The number of aryl methyl sites for hydroxylation is 1. The van der Waals surface area contributed by atoms with Gasteiger partial charge in [0.25, 0.3) is 0 Å². The van der Waals surface area contributed by atoms with E-state index in [2.05, 4.69) is 0 Å². The van der Waals surface area contributed by atoms with E-state index in [1.54, 1.807) is 60.7 Å². The Balaban J connectivity index is 0.000000185. The highest BCUT2D eigenvalue weighted by molar-refractivity contribution is 5.57. The van der Waals surface area contributed by atoms with Crippen molar-refractivity contribution in [2.24, 2.45) is 0 Å². The summed E-state index contributed by atoms with van der Waals surface area (Å²) in [4.78, 5) is 0. The molecule has 0 aliphatic carbocycles. The summed E-state index contributed by atoms with van der Waals surface area (Å²) < 4.78 is 0. The van der Waals surface area contributed by atoms with Crippen molar-refractivity contribution >= 4 is 34.1 Å². The van der Waals surface area contributed by atoms with Gasteiger partial charge in [0.15, 0.2) is 0 Å². The van der Waals surface area contributed by atoms with Gasteiger partial charge in [-0.05, 0) is 113 Å². The van der Waals surface area contributed by atoms with E-state index in [4.69, 9.17) is 34.4 Å². The van der Waals surface area contributed by atoms with Crippen molar-refractivity contribution in [2.45, 2.75) is 18.1 Å². The van der Waals surface area contributed by atoms with Crippen LogP contribution in [-0.4, -0.2) is 10.2 Å². The van der Waals surface area contributed by atoms with Crippen LogP contribution >= 0.6 is 0 Å². The van der Waals surface area contributed by atoms with E-state index in [0.29, 0.717) is 34.1 Å². The number of benzene rings is 6. The van der Waals surface area contributed by atoms with Crippen LogP contribution in [0, 0.1) is 6.92 Å². The highest BCUT2D eigenvalue weighted by Crippen LogP contribution is 2.39. The van der Waals surface area contributed by atoms with Gasteiger partial charge < -0.3 is 44.6 Å². The van der Waals surface area contributed by atoms with E-state index in [9.17, 15) is 10.2 Å². The molecule has 0 radical (unpaired) electrons. The molecule has 0 fully saturated rings. The normalized spacial score (nSPS) is 11.4. The van der Waals surface area contributed by atoms with Crippen molar-refractivity contribution in [3.63, 3.8) is 0 Å². The van der Waals surface area contributed by atoms with Gasteiger partial charge in [-0.25, -0.2) is 0 Å². The van der Waals surface area contributed by atoms with Gasteiger partial charge in [0.1, 0.15) is 11.2 Å². The minimum absolute atomic E-state index is 0.644. The monoisotopic (exact) mass is 624 g/mol. The maximum atomic E-state index is 11.7. The second kappa shape index (κ2) is 13.2. The van der Waals surface area contributed by atoms with E-state index in [0.717, 1.165) is 38.9 Å². The van der Waals surface area contributed by atoms with Gasteiger partial charge >= 0.3 is 0 Å². The number of anilines is 6. The first-order valence-electron chi connectivity index (χ1n) is 15.0. The minimum atomic E-state index is -1.32. The second-order valence-electron chi connectivity index (χ2n) is 11.6. The van der Waals surface area contributed by atoms with Crippen LogP contribution in [0.3, 0.4) is 0 Å². The first-order valence-corrected chi connectivity index (χ1v) is 15.0. The van der Waals surface area contributed by atoms with Crippen LogP contribution in [0.5, 0.6) is 0 Å². The Bertz CT molecular complexity index is 1780. The lowest BCUT2D eigenvalue weighted by atomic mass is 9.79. The molecule has 0 atom stereocenters. The van der Waals surface area contributed by atoms with Crippen LogP contribution in [0.4, 0.5) is 34.1 Å². The molecule has 14 N–H and O–H groups in total. The zero-order valence-corrected chi connectivity index (χ0v) is 26.1. The van der Waals surface area contributed by atoms with Gasteiger partial charge in [0.05, 0.1) is 0 Å². The maximum absolute atomic E-state index is 11.7. The van der Waals surface area contributed by atoms with Gasteiger partial charge in [0, 0.05) is 34.1 Å². The summed E-state index contributed by atoms with van der Waals surface area (Å²) >= 11 is 0. The van der Waals surface area contributed by atoms with E-state index < -0.39 is 11.2 Å². The number of aliphatic hydroxyl groups is 2. The zero-order valence-electron chi connectivity index (χ0n) is 26.1. The standard InChI is InChI=1S/C20H21N3O.C19H19N3O/c1-13-12-16(6-11-19(13)23)20(24,14-2-7-17(21)8-3-14)15-4-9-18(22)10-5-15;20-16-7-1-13(2-8-16)19(23,14-3-9-17(21)10-4-14)15-5-11-18(22)12-6-15/h2-12,24H,21-23H2,1H3;1-12,23H,20-22H2. The number of nitrogen functional groups attached to an aromatic ring is 6. The van der Waals surface area contributed by atoms with E-state index in [-0.39, 0.29) is 0 Å². The van der Waals surface area contributed by atoms with Crippen molar-refractivity contribution in [3.8, 4) is 0 Å². The summed E-state index contributed by atoms with van der Waals surface area (Å²) in [5.41, 5.74) is 41.4. The third-order valence-electron chi connectivity index (χ3n) is 8.33. The van der Waals surface area contributed by atoms with Crippen LogP contribution in [0.15, 0.2) is 140 Å². The molecule has 0 unspecified atom stereocenters. The topological polar surface area (TPSA) is 197 Å². The Hall–Kier alpha value is -5.96. The summed E-state index contributed by atoms with van der Waals surface area (Å²) in [5, 5.41) is 23.3. The number of rotatable bonds is 6. The molecule has 0 spiro atoms. The zero-order chi connectivity index (χ0) is 33.8. The number of hydrogen-bond acceptors (Lipinski definition) is 8. The molecule has 238 valence electrons. The molecule has 6 aromatic carbocycles. The predicted octanol–water partition coefficient (Wildman–Crippen LogP) is 5.74. The third kappa shape index (κ3) is 6.69. The summed E-state index contributed by atoms with van der Waals surface area (Å²) in [5.74, 6) is 0. The highest BCUT2D eigenvalue weighted by atomic mass is 16.3. The Kier molecular flexibility index (Phi) is 9.10. The van der Waals surface area contributed by atoms with Crippen molar-refractivity contribution in [2.75, 3.05) is 34.4 Å². The average Bonchev–Trinajstić information content (AvgIpc) is 3.07. The number of hydrogen-bond donors (Lipinski definition) is 8. The molecule has 0 bridgehead atoms. The highest BCUT2D eigenvalue weighted by Gasteiger charge is 2.35. The summed E-state index contributed by atoms with van der Waals surface area (Å²) in [6, 6.07) is 41.6. The Morgan fingerprint density at radius 2 is 0.553 bits per heavy atom. The first-order chi connectivity index (χ1) is 22.4. The van der Waals surface area contributed by atoms with Gasteiger partial charge in [-0.1, -0.05) is 72.8 Å². The van der Waals surface area contributed by atoms with Gasteiger partial charge in [-0.3, -0.25) is 0 Å². The third-order valence-corrected chi connectivity index (χ3v) is 8.33. The summed E-state index contributed by atoms with van der Waals surface area (Å²) in [6.07, 6.45) is 0. The van der Waals surface area contributed by atoms with Gasteiger partial charge in [-0.15, -0.1) is 0 Å². The first kappa shape index (κ1) is 32.4. The largest absolute Gasteiger partial charge is 0.399 e. The lowest BCUT2D eigenvalue weighted by Crippen LogP contribution is -2.29. The lowest BCUT2D eigenvalue weighted by Gasteiger charge is -2.31. The fourth-order valence-electron chi connectivity index (χ4n) is 5.52. The molecular formula is C39H40N6O2. The molecule has 0 amide bonds. The molecule has 47 heavy (non-hydrogen) atoms. The van der Waals surface area contributed by atoms with Gasteiger partial charge in [-0.2, -0.15) is 0 Å². The fraction of sp³-hybridized carbons (Fsp3) is 0.0769. The van der Waals surface area contributed by atoms with Crippen molar-refractivity contribution in [1.29, 1.82) is 0 Å². The fourth-order valence-corrected chi connectivity index (χ4v) is 5.52. The van der Waals surface area contributed by atoms with Crippen LogP contribution in [-0.2, 0) is 11.2 Å². The minimum Gasteiger partial charge on any atom is -0.399 e. The van der Waals surface area contributed by atoms with Gasteiger partial charge in [0.2, 0.25) is 0 Å². The van der Waals surface area contributed by atoms with Crippen LogP contribution < -0.4 is 34.4 Å². The molecule has 8 nitrogen and oxygen atoms in total. The second-order valence-corrected chi connectivity index (χ2v) is 11.6. The molecule has 0 aliphatic rings.